The Labute approximate surface area is 170 Å². The summed E-state index contributed by atoms with van der Waals surface area (Å²) in [6, 6.07) is 12.8. The second-order valence-corrected chi connectivity index (χ2v) is 9.18. The van der Waals surface area contributed by atoms with E-state index in [1.165, 1.54) is 11.1 Å². The van der Waals surface area contributed by atoms with Crippen molar-refractivity contribution < 1.29 is 9.21 Å². The molecule has 0 aliphatic carbocycles. The summed E-state index contributed by atoms with van der Waals surface area (Å²) >= 11 is 3.55. The molecule has 3 rings (SSSR count). The van der Waals surface area contributed by atoms with Crippen molar-refractivity contribution in [1.29, 1.82) is 0 Å². The summed E-state index contributed by atoms with van der Waals surface area (Å²) < 4.78 is 5.85. The summed E-state index contributed by atoms with van der Waals surface area (Å²) in [4.78, 5) is 16.4. The van der Waals surface area contributed by atoms with Crippen molar-refractivity contribution in [3.05, 3.63) is 59.0 Å². The van der Waals surface area contributed by atoms with Crippen molar-refractivity contribution in [3.63, 3.8) is 0 Å². The van der Waals surface area contributed by atoms with Gasteiger partial charge in [0.25, 0.3) is 0 Å². The standard InChI is InChI=1S/C21H28N2O2S2/c1-4-16-5-7-17(8-6-16)21-23(20(24)15-27-21)11-12-26-14-19-10-9-18(25-19)13-22(2)3/h5-10,21H,4,11-15H2,1-3H3. The Morgan fingerprint density at radius 2 is 1.93 bits per heavy atom. The Balaban J connectivity index is 1.49. The second kappa shape index (κ2) is 9.71. The van der Waals surface area contributed by atoms with Gasteiger partial charge in [-0.1, -0.05) is 31.2 Å². The van der Waals surface area contributed by atoms with Crippen LogP contribution in [0.15, 0.2) is 40.8 Å². The number of furan rings is 1. The van der Waals surface area contributed by atoms with Crippen LogP contribution < -0.4 is 0 Å². The lowest BCUT2D eigenvalue weighted by Gasteiger charge is -2.24. The van der Waals surface area contributed by atoms with Crippen molar-refractivity contribution in [1.82, 2.24) is 9.80 Å². The lowest BCUT2D eigenvalue weighted by atomic mass is 10.1. The van der Waals surface area contributed by atoms with Crippen LogP contribution in [0.2, 0.25) is 0 Å². The van der Waals surface area contributed by atoms with E-state index in [0.717, 1.165) is 42.5 Å². The van der Waals surface area contributed by atoms with Gasteiger partial charge in [0.2, 0.25) is 5.91 Å². The highest BCUT2D eigenvalue weighted by Crippen LogP contribution is 2.38. The van der Waals surface area contributed by atoms with Crippen LogP contribution in [-0.2, 0) is 23.5 Å². The molecule has 146 valence electrons. The number of nitrogens with zero attached hydrogens (tertiary/aromatic N) is 2. The van der Waals surface area contributed by atoms with Gasteiger partial charge in [0.05, 0.1) is 18.1 Å². The summed E-state index contributed by atoms with van der Waals surface area (Å²) in [6.45, 7) is 3.76. The molecule has 1 aromatic heterocycles. The third-order valence-electron chi connectivity index (χ3n) is 4.55. The zero-order chi connectivity index (χ0) is 19.2. The molecule has 1 aromatic carbocycles. The molecule has 6 heteroatoms. The van der Waals surface area contributed by atoms with Crippen LogP contribution in [0, 0.1) is 0 Å². The SMILES string of the molecule is CCc1ccc(C2SCC(=O)N2CCSCc2ccc(CN(C)C)o2)cc1. The Morgan fingerprint density at radius 1 is 1.19 bits per heavy atom. The largest absolute Gasteiger partial charge is 0.464 e. The molecule has 0 N–H and O–H groups in total. The normalized spacial score (nSPS) is 17.3. The molecule has 4 nitrogen and oxygen atoms in total. The molecular formula is C21H28N2O2S2. The quantitative estimate of drug-likeness (QED) is 0.579. The maximum absolute atomic E-state index is 12.3. The van der Waals surface area contributed by atoms with E-state index in [4.69, 9.17) is 4.42 Å². The van der Waals surface area contributed by atoms with Gasteiger partial charge in [0.15, 0.2) is 0 Å². The fourth-order valence-corrected chi connectivity index (χ4v) is 5.17. The van der Waals surface area contributed by atoms with Gasteiger partial charge in [-0.2, -0.15) is 11.8 Å². The maximum Gasteiger partial charge on any atom is 0.233 e. The van der Waals surface area contributed by atoms with E-state index in [1.54, 1.807) is 11.8 Å². The van der Waals surface area contributed by atoms with E-state index in [0.29, 0.717) is 5.75 Å². The van der Waals surface area contributed by atoms with Crippen LogP contribution in [0.4, 0.5) is 0 Å². The van der Waals surface area contributed by atoms with Gasteiger partial charge >= 0.3 is 0 Å². The topological polar surface area (TPSA) is 36.7 Å². The van der Waals surface area contributed by atoms with Crippen molar-refractivity contribution >= 4 is 29.4 Å². The Morgan fingerprint density at radius 3 is 2.63 bits per heavy atom. The molecule has 1 unspecified atom stereocenters. The molecule has 1 amide bonds. The van der Waals surface area contributed by atoms with Gasteiger partial charge in [-0.25, -0.2) is 0 Å². The average molecular weight is 405 g/mol. The Bertz CT molecular complexity index is 743. The predicted molar refractivity (Wildman–Crippen MR) is 115 cm³/mol. The smallest absolute Gasteiger partial charge is 0.233 e. The van der Waals surface area contributed by atoms with Crippen molar-refractivity contribution in [2.24, 2.45) is 0 Å². The summed E-state index contributed by atoms with van der Waals surface area (Å²) in [5.74, 6) is 4.59. The van der Waals surface area contributed by atoms with E-state index < -0.39 is 0 Å². The monoisotopic (exact) mass is 404 g/mol. The van der Waals surface area contributed by atoms with Crippen LogP contribution in [0.1, 0.15) is 34.9 Å². The van der Waals surface area contributed by atoms with Crippen molar-refractivity contribution in [2.75, 3.05) is 32.1 Å². The van der Waals surface area contributed by atoms with Crippen LogP contribution in [0.25, 0.3) is 0 Å². The summed E-state index contributed by atoms with van der Waals surface area (Å²) in [7, 11) is 4.07. The fraction of sp³-hybridized carbons (Fsp3) is 0.476. The molecule has 0 bridgehead atoms. The fourth-order valence-electron chi connectivity index (χ4n) is 3.12. The molecule has 2 heterocycles. The second-order valence-electron chi connectivity index (χ2n) is 7.00. The molecule has 1 saturated heterocycles. The van der Waals surface area contributed by atoms with Gasteiger partial charge < -0.3 is 14.2 Å². The van der Waals surface area contributed by atoms with E-state index in [2.05, 4.69) is 42.2 Å². The zero-order valence-electron chi connectivity index (χ0n) is 16.3. The molecule has 1 atom stereocenters. The molecule has 0 spiro atoms. The Kier molecular flexibility index (Phi) is 7.33. The minimum Gasteiger partial charge on any atom is -0.464 e. The number of rotatable bonds is 9. The number of aryl methyl sites for hydroxylation is 1. The molecule has 1 aliphatic rings. The molecule has 1 fully saturated rings. The van der Waals surface area contributed by atoms with Gasteiger partial charge in [-0.3, -0.25) is 4.79 Å². The molecular weight excluding hydrogens is 376 g/mol. The third-order valence-corrected chi connectivity index (χ3v) is 6.77. The molecule has 2 aromatic rings. The predicted octanol–water partition coefficient (Wildman–Crippen LogP) is 4.41. The molecule has 0 radical (unpaired) electrons. The van der Waals surface area contributed by atoms with Gasteiger partial charge in [0.1, 0.15) is 16.9 Å². The van der Waals surface area contributed by atoms with E-state index in [9.17, 15) is 4.79 Å². The number of carbonyl (C=O) groups excluding carboxylic acids is 1. The van der Waals surface area contributed by atoms with Gasteiger partial charge in [-0.05, 0) is 43.8 Å². The zero-order valence-corrected chi connectivity index (χ0v) is 17.9. The molecule has 1 aliphatic heterocycles. The van der Waals surface area contributed by atoms with Gasteiger partial charge in [-0.15, -0.1) is 11.8 Å². The first-order valence-electron chi connectivity index (χ1n) is 9.36. The number of hydrogen-bond acceptors (Lipinski definition) is 5. The Hall–Kier alpha value is -1.37. The van der Waals surface area contributed by atoms with Crippen LogP contribution in [0.3, 0.4) is 0 Å². The first-order valence-corrected chi connectivity index (χ1v) is 11.6. The first kappa shape index (κ1) is 20.4. The first-order chi connectivity index (χ1) is 13.1. The number of thioether (sulfide) groups is 2. The van der Waals surface area contributed by atoms with Gasteiger partial charge in [0, 0.05) is 12.3 Å². The van der Waals surface area contributed by atoms with Crippen LogP contribution >= 0.6 is 23.5 Å². The lowest BCUT2D eigenvalue weighted by Crippen LogP contribution is -2.30. The van der Waals surface area contributed by atoms with Crippen molar-refractivity contribution in [3.8, 4) is 0 Å². The summed E-state index contributed by atoms with van der Waals surface area (Å²) in [6.07, 6.45) is 1.04. The number of hydrogen-bond donors (Lipinski definition) is 0. The van der Waals surface area contributed by atoms with E-state index >= 15 is 0 Å². The lowest BCUT2D eigenvalue weighted by molar-refractivity contribution is -0.127. The maximum atomic E-state index is 12.3. The highest BCUT2D eigenvalue weighted by atomic mass is 32.2. The minimum absolute atomic E-state index is 0.152. The van der Waals surface area contributed by atoms with E-state index in [1.807, 2.05) is 36.8 Å². The van der Waals surface area contributed by atoms with Crippen molar-refractivity contribution in [2.45, 2.75) is 31.0 Å². The summed E-state index contributed by atoms with van der Waals surface area (Å²) in [5.41, 5.74) is 2.56. The molecule has 0 saturated carbocycles. The third kappa shape index (κ3) is 5.56. The summed E-state index contributed by atoms with van der Waals surface area (Å²) in [5, 5.41) is 0.152. The highest BCUT2D eigenvalue weighted by molar-refractivity contribution is 8.00. The highest BCUT2D eigenvalue weighted by Gasteiger charge is 2.32. The number of amides is 1. The van der Waals surface area contributed by atoms with Crippen LogP contribution in [0.5, 0.6) is 0 Å². The average Bonchev–Trinajstić information content (AvgIpc) is 3.25. The molecule has 27 heavy (non-hydrogen) atoms. The number of carbonyl (C=O) groups is 1. The van der Waals surface area contributed by atoms with E-state index in [-0.39, 0.29) is 11.3 Å². The van der Waals surface area contributed by atoms with Crippen LogP contribution in [-0.4, -0.2) is 47.9 Å². The minimum atomic E-state index is 0.152. The number of benzene rings is 1.